The number of nitrogens with one attached hydrogen (secondary N) is 1. The van der Waals surface area contributed by atoms with Gasteiger partial charge in [0.1, 0.15) is 24.1 Å². The standard InChI is InChI=1S/C22H29NO5/c1-22(2,3)28-21(26)23-13-12-19(24)20(25)17-10-7-11-18(14-17)27-15-16-8-5-4-6-9-16/h4-11,14,19-20,24-25H,12-13,15H2,1-3H3,(H,23,26). The van der Waals surface area contributed by atoms with E-state index in [1.807, 2.05) is 30.3 Å². The van der Waals surface area contributed by atoms with E-state index in [0.717, 1.165) is 5.56 Å². The van der Waals surface area contributed by atoms with Crippen molar-refractivity contribution in [1.29, 1.82) is 0 Å². The Balaban J connectivity index is 1.83. The zero-order chi connectivity index (χ0) is 20.6. The first-order valence-electron chi connectivity index (χ1n) is 9.34. The molecule has 0 aromatic heterocycles. The summed E-state index contributed by atoms with van der Waals surface area (Å²) in [5, 5.41) is 23.2. The third-order valence-corrected chi connectivity index (χ3v) is 3.92. The Kier molecular flexibility index (Phi) is 7.84. The molecule has 2 unspecified atom stereocenters. The van der Waals surface area contributed by atoms with Crippen molar-refractivity contribution in [1.82, 2.24) is 5.32 Å². The predicted molar refractivity (Wildman–Crippen MR) is 107 cm³/mol. The Labute approximate surface area is 166 Å². The summed E-state index contributed by atoms with van der Waals surface area (Å²) in [5.41, 5.74) is 1.01. The van der Waals surface area contributed by atoms with Gasteiger partial charge in [0, 0.05) is 6.54 Å². The maximum absolute atomic E-state index is 11.6. The van der Waals surface area contributed by atoms with Crippen molar-refractivity contribution in [3.8, 4) is 5.75 Å². The summed E-state index contributed by atoms with van der Waals surface area (Å²) in [4.78, 5) is 11.6. The molecule has 0 saturated carbocycles. The molecule has 3 N–H and O–H groups in total. The molecule has 0 bridgehead atoms. The number of alkyl carbamates (subject to hydrolysis) is 1. The number of amides is 1. The van der Waals surface area contributed by atoms with Crippen molar-refractivity contribution in [3.05, 3.63) is 65.7 Å². The molecule has 2 rings (SSSR count). The van der Waals surface area contributed by atoms with E-state index >= 15 is 0 Å². The average Bonchev–Trinajstić information content (AvgIpc) is 2.65. The van der Waals surface area contributed by atoms with E-state index in [4.69, 9.17) is 9.47 Å². The minimum Gasteiger partial charge on any atom is -0.489 e. The zero-order valence-corrected chi connectivity index (χ0v) is 16.6. The molecule has 0 aliphatic carbocycles. The largest absolute Gasteiger partial charge is 0.489 e. The van der Waals surface area contributed by atoms with Gasteiger partial charge >= 0.3 is 6.09 Å². The van der Waals surface area contributed by atoms with Crippen molar-refractivity contribution >= 4 is 6.09 Å². The maximum atomic E-state index is 11.6. The molecule has 0 radical (unpaired) electrons. The smallest absolute Gasteiger partial charge is 0.407 e. The number of carbonyl (C=O) groups excluding carboxylic acids is 1. The molecule has 0 fully saturated rings. The van der Waals surface area contributed by atoms with Gasteiger partial charge in [0.15, 0.2) is 0 Å². The molecular weight excluding hydrogens is 358 g/mol. The molecule has 152 valence electrons. The molecule has 6 nitrogen and oxygen atoms in total. The first-order valence-corrected chi connectivity index (χ1v) is 9.34. The van der Waals surface area contributed by atoms with Crippen LogP contribution in [0.25, 0.3) is 0 Å². The lowest BCUT2D eigenvalue weighted by atomic mass is 10.0. The first-order chi connectivity index (χ1) is 13.2. The Morgan fingerprint density at radius 2 is 1.79 bits per heavy atom. The second-order valence-corrected chi connectivity index (χ2v) is 7.58. The van der Waals surface area contributed by atoms with Gasteiger partial charge in [-0.2, -0.15) is 0 Å². The lowest BCUT2D eigenvalue weighted by Gasteiger charge is -2.21. The molecule has 6 heteroatoms. The van der Waals surface area contributed by atoms with Crippen LogP contribution in [0.15, 0.2) is 54.6 Å². The van der Waals surface area contributed by atoms with E-state index in [1.165, 1.54) is 0 Å². The minimum atomic E-state index is -1.08. The molecule has 0 spiro atoms. The van der Waals surface area contributed by atoms with Crippen LogP contribution in [-0.2, 0) is 11.3 Å². The average molecular weight is 387 g/mol. The molecule has 0 heterocycles. The van der Waals surface area contributed by atoms with Crippen LogP contribution in [0.3, 0.4) is 0 Å². The van der Waals surface area contributed by atoms with E-state index in [2.05, 4.69) is 5.32 Å². The van der Waals surface area contributed by atoms with Gasteiger partial charge in [0.05, 0.1) is 6.10 Å². The van der Waals surface area contributed by atoms with Crippen LogP contribution >= 0.6 is 0 Å². The summed E-state index contributed by atoms with van der Waals surface area (Å²) < 4.78 is 10.9. The topological polar surface area (TPSA) is 88.0 Å². The van der Waals surface area contributed by atoms with Gasteiger partial charge in [0.25, 0.3) is 0 Å². The van der Waals surface area contributed by atoms with Gasteiger partial charge in [-0.1, -0.05) is 42.5 Å². The number of rotatable bonds is 8. The van der Waals surface area contributed by atoms with Gasteiger partial charge in [-0.15, -0.1) is 0 Å². The molecule has 0 aliphatic rings. The fourth-order valence-electron chi connectivity index (χ4n) is 2.55. The third kappa shape index (κ3) is 7.58. The lowest BCUT2D eigenvalue weighted by molar-refractivity contribution is 0.0122. The van der Waals surface area contributed by atoms with Gasteiger partial charge < -0.3 is 25.0 Å². The molecule has 2 aromatic rings. The molecule has 0 saturated heterocycles. The monoisotopic (exact) mass is 387 g/mol. The highest BCUT2D eigenvalue weighted by atomic mass is 16.6. The SMILES string of the molecule is CC(C)(C)OC(=O)NCCC(O)C(O)c1cccc(OCc2ccccc2)c1. The summed E-state index contributed by atoms with van der Waals surface area (Å²) in [6.45, 7) is 5.94. The van der Waals surface area contributed by atoms with Crippen LogP contribution in [0.5, 0.6) is 5.75 Å². The van der Waals surface area contributed by atoms with E-state index in [9.17, 15) is 15.0 Å². The second kappa shape index (κ2) is 10.1. The Hall–Kier alpha value is -2.57. The van der Waals surface area contributed by atoms with Gasteiger partial charge in [-0.3, -0.25) is 0 Å². The summed E-state index contributed by atoms with van der Waals surface area (Å²) in [6.07, 6.45) is -2.47. The fraction of sp³-hybridized carbons (Fsp3) is 0.409. The van der Waals surface area contributed by atoms with Gasteiger partial charge in [-0.05, 0) is 50.5 Å². The number of hydrogen-bond acceptors (Lipinski definition) is 5. The van der Waals surface area contributed by atoms with E-state index < -0.39 is 23.9 Å². The molecular formula is C22H29NO5. The van der Waals surface area contributed by atoms with Crippen molar-refractivity contribution in [2.24, 2.45) is 0 Å². The quantitative estimate of drug-likeness (QED) is 0.644. The van der Waals surface area contributed by atoms with E-state index in [1.54, 1.807) is 45.0 Å². The van der Waals surface area contributed by atoms with Crippen LogP contribution < -0.4 is 10.1 Å². The number of ether oxygens (including phenoxy) is 2. The first kappa shape index (κ1) is 21.7. The summed E-state index contributed by atoms with van der Waals surface area (Å²) >= 11 is 0. The number of carbonyl (C=O) groups is 1. The number of aliphatic hydroxyl groups excluding tert-OH is 2. The highest BCUT2D eigenvalue weighted by Gasteiger charge is 2.20. The number of benzene rings is 2. The fourth-order valence-corrected chi connectivity index (χ4v) is 2.55. The maximum Gasteiger partial charge on any atom is 0.407 e. The Morgan fingerprint density at radius 1 is 1.07 bits per heavy atom. The summed E-state index contributed by atoms with van der Waals surface area (Å²) in [6, 6.07) is 16.8. The van der Waals surface area contributed by atoms with Crippen LogP contribution in [-0.4, -0.2) is 34.6 Å². The van der Waals surface area contributed by atoms with Crippen molar-refractivity contribution < 1.29 is 24.5 Å². The number of hydrogen-bond donors (Lipinski definition) is 3. The molecule has 2 aromatic carbocycles. The minimum absolute atomic E-state index is 0.190. The summed E-state index contributed by atoms with van der Waals surface area (Å²) in [5.74, 6) is 0.611. The molecule has 2 atom stereocenters. The van der Waals surface area contributed by atoms with Gasteiger partial charge in [0.2, 0.25) is 0 Å². The molecule has 0 aliphatic heterocycles. The van der Waals surface area contributed by atoms with Crippen LogP contribution in [0.2, 0.25) is 0 Å². The van der Waals surface area contributed by atoms with E-state index in [0.29, 0.717) is 17.9 Å². The van der Waals surface area contributed by atoms with Crippen molar-refractivity contribution in [3.63, 3.8) is 0 Å². The van der Waals surface area contributed by atoms with Crippen molar-refractivity contribution in [2.45, 2.75) is 51.6 Å². The lowest BCUT2D eigenvalue weighted by Crippen LogP contribution is -2.34. The van der Waals surface area contributed by atoms with Crippen LogP contribution in [0.1, 0.15) is 44.4 Å². The van der Waals surface area contributed by atoms with Crippen LogP contribution in [0, 0.1) is 0 Å². The third-order valence-electron chi connectivity index (χ3n) is 3.92. The van der Waals surface area contributed by atoms with E-state index in [-0.39, 0.29) is 13.0 Å². The molecule has 28 heavy (non-hydrogen) atoms. The normalized spacial score (nSPS) is 13.5. The Bertz CT molecular complexity index is 742. The van der Waals surface area contributed by atoms with Gasteiger partial charge in [-0.25, -0.2) is 4.79 Å². The second-order valence-electron chi connectivity index (χ2n) is 7.58. The van der Waals surface area contributed by atoms with Crippen molar-refractivity contribution in [2.75, 3.05) is 6.54 Å². The van der Waals surface area contributed by atoms with Crippen LogP contribution in [0.4, 0.5) is 4.79 Å². The predicted octanol–water partition coefficient (Wildman–Crippen LogP) is 3.57. The Morgan fingerprint density at radius 3 is 2.46 bits per heavy atom. The zero-order valence-electron chi connectivity index (χ0n) is 16.6. The number of aliphatic hydroxyl groups is 2. The highest BCUT2D eigenvalue weighted by Crippen LogP contribution is 2.23. The summed E-state index contributed by atoms with van der Waals surface area (Å²) in [7, 11) is 0. The molecule has 1 amide bonds. The highest BCUT2D eigenvalue weighted by molar-refractivity contribution is 5.67.